The van der Waals surface area contributed by atoms with Gasteiger partial charge in [-0.3, -0.25) is 9.69 Å². The molecule has 120 valence electrons. The van der Waals surface area contributed by atoms with Crippen LogP contribution in [0.25, 0.3) is 0 Å². The number of morpholine rings is 1. The number of nitrogens with zero attached hydrogens (tertiary/aromatic N) is 2. The van der Waals surface area contributed by atoms with E-state index in [1.807, 2.05) is 26.2 Å². The number of likely N-dealkylation sites (tertiary alicyclic amines) is 1. The Kier molecular flexibility index (Phi) is 4.36. The second-order valence-electron chi connectivity index (χ2n) is 6.42. The van der Waals surface area contributed by atoms with Crippen molar-refractivity contribution in [3.05, 3.63) is 29.8 Å². The molecule has 3 rings (SSSR count). The minimum Gasteiger partial charge on any atom is -0.497 e. The summed E-state index contributed by atoms with van der Waals surface area (Å²) in [5.41, 5.74) is 1.23. The molecule has 22 heavy (non-hydrogen) atoms. The second kappa shape index (κ2) is 6.26. The van der Waals surface area contributed by atoms with Gasteiger partial charge in [0.15, 0.2) is 0 Å². The van der Waals surface area contributed by atoms with Crippen molar-refractivity contribution in [1.29, 1.82) is 0 Å². The number of hydrogen-bond donors (Lipinski definition) is 0. The topological polar surface area (TPSA) is 42.0 Å². The molecule has 0 aromatic heterocycles. The van der Waals surface area contributed by atoms with Gasteiger partial charge >= 0.3 is 0 Å². The lowest BCUT2D eigenvalue weighted by Crippen LogP contribution is -2.44. The molecule has 3 unspecified atom stereocenters. The molecule has 0 N–H and O–H groups in total. The summed E-state index contributed by atoms with van der Waals surface area (Å²) >= 11 is 0. The fourth-order valence-electron chi connectivity index (χ4n) is 3.49. The highest BCUT2D eigenvalue weighted by molar-refractivity contribution is 5.79. The molecule has 2 heterocycles. The SMILES string of the molecule is COc1cccc(CN2CC3CC(C(=O)N(C)C)C(C2)O3)c1. The molecule has 2 aliphatic rings. The van der Waals surface area contributed by atoms with Gasteiger partial charge in [0.2, 0.25) is 5.91 Å². The molecular weight excluding hydrogens is 280 g/mol. The Labute approximate surface area is 131 Å². The molecule has 0 saturated carbocycles. The van der Waals surface area contributed by atoms with Crippen LogP contribution in [0.3, 0.4) is 0 Å². The van der Waals surface area contributed by atoms with Gasteiger partial charge in [-0.25, -0.2) is 0 Å². The molecule has 2 aliphatic heterocycles. The highest BCUT2D eigenvalue weighted by atomic mass is 16.5. The average Bonchev–Trinajstić information content (AvgIpc) is 2.81. The Bertz CT molecular complexity index is 546. The standard InChI is InChI=1S/C17H24N2O3/c1-18(2)17(20)15-8-14-10-19(11-16(15)22-14)9-12-5-4-6-13(7-12)21-3/h4-7,14-16H,8-11H2,1-3H3. The normalized spacial score (nSPS) is 27.7. The van der Waals surface area contributed by atoms with Crippen LogP contribution in [0, 0.1) is 5.92 Å². The first-order valence-electron chi connectivity index (χ1n) is 7.78. The summed E-state index contributed by atoms with van der Waals surface area (Å²) < 4.78 is 11.3. The van der Waals surface area contributed by atoms with Crippen molar-refractivity contribution in [2.45, 2.75) is 25.2 Å². The van der Waals surface area contributed by atoms with E-state index >= 15 is 0 Å². The number of methoxy groups -OCH3 is 1. The van der Waals surface area contributed by atoms with Gasteiger partial charge in [-0.05, 0) is 24.1 Å². The molecule has 5 nitrogen and oxygen atoms in total. The summed E-state index contributed by atoms with van der Waals surface area (Å²) in [4.78, 5) is 16.3. The smallest absolute Gasteiger partial charge is 0.227 e. The van der Waals surface area contributed by atoms with Crippen molar-refractivity contribution in [3.63, 3.8) is 0 Å². The van der Waals surface area contributed by atoms with Crippen LogP contribution < -0.4 is 4.74 Å². The number of amides is 1. The van der Waals surface area contributed by atoms with Gasteiger partial charge in [0.05, 0.1) is 25.2 Å². The zero-order chi connectivity index (χ0) is 15.7. The maximum Gasteiger partial charge on any atom is 0.227 e. The van der Waals surface area contributed by atoms with Crippen molar-refractivity contribution in [2.75, 3.05) is 34.3 Å². The van der Waals surface area contributed by atoms with Gasteiger partial charge in [0.1, 0.15) is 5.75 Å². The van der Waals surface area contributed by atoms with Crippen LogP contribution in [0.15, 0.2) is 24.3 Å². The van der Waals surface area contributed by atoms with Gasteiger partial charge in [-0.1, -0.05) is 12.1 Å². The van der Waals surface area contributed by atoms with E-state index in [1.54, 1.807) is 12.0 Å². The first-order chi connectivity index (χ1) is 10.6. The van der Waals surface area contributed by atoms with Crippen molar-refractivity contribution < 1.29 is 14.3 Å². The van der Waals surface area contributed by atoms with E-state index in [0.29, 0.717) is 0 Å². The third kappa shape index (κ3) is 3.10. The Morgan fingerprint density at radius 1 is 1.41 bits per heavy atom. The third-order valence-corrected chi connectivity index (χ3v) is 4.53. The fourth-order valence-corrected chi connectivity index (χ4v) is 3.49. The highest BCUT2D eigenvalue weighted by Gasteiger charge is 2.44. The maximum atomic E-state index is 12.2. The minimum atomic E-state index is 0.00955. The molecule has 2 fully saturated rings. The molecule has 1 aromatic rings. The number of carbonyl (C=O) groups is 1. The predicted octanol–water partition coefficient (Wildman–Crippen LogP) is 1.37. The van der Waals surface area contributed by atoms with E-state index in [9.17, 15) is 4.79 Å². The highest BCUT2D eigenvalue weighted by Crippen LogP contribution is 2.33. The fraction of sp³-hybridized carbons (Fsp3) is 0.588. The van der Waals surface area contributed by atoms with Crippen LogP contribution in [0.2, 0.25) is 0 Å². The quantitative estimate of drug-likeness (QED) is 0.842. The number of benzene rings is 1. The van der Waals surface area contributed by atoms with Crippen LogP contribution in [0.4, 0.5) is 0 Å². The van der Waals surface area contributed by atoms with Crippen LogP contribution >= 0.6 is 0 Å². The van der Waals surface area contributed by atoms with Gasteiger partial charge < -0.3 is 14.4 Å². The number of ether oxygens (including phenoxy) is 2. The summed E-state index contributed by atoms with van der Waals surface area (Å²) in [5, 5.41) is 0. The number of fused-ring (bicyclic) bond motifs is 2. The number of hydrogen-bond acceptors (Lipinski definition) is 4. The Morgan fingerprint density at radius 3 is 2.95 bits per heavy atom. The van der Waals surface area contributed by atoms with Crippen molar-refractivity contribution in [2.24, 2.45) is 5.92 Å². The van der Waals surface area contributed by atoms with E-state index in [-0.39, 0.29) is 24.0 Å². The predicted molar refractivity (Wildman–Crippen MR) is 83.7 cm³/mol. The van der Waals surface area contributed by atoms with Gasteiger partial charge in [0, 0.05) is 33.7 Å². The van der Waals surface area contributed by atoms with E-state index in [2.05, 4.69) is 17.0 Å². The van der Waals surface area contributed by atoms with Crippen LogP contribution in [0.5, 0.6) is 5.75 Å². The zero-order valence-electron chi connectivity index (χ0n) is 13.5. The molecule has 0 aliphatic carbocycles. The van der Waals surface area contributed by atoms with Crippen LogP contribution in [-0.2, 0) is 16.1 Å². The lowest BCUT2D eigenvalue weighted by atomic mass is 9.99. The summed E-state index contributed by atoms with van der Waals surface area (Å²) in [6.45, 7) is 2.58. The molecule has 1 aromatic carbocycles. The van der Waals surface area contributed by atoms with E-state index < -0.39 is 0 Å². The Morgan fingerprint density at radius 2 is 2.23 bits per heavy atom. The molecule has 2 bridgehead atoms. The van der Waals surface area contributed by atoms with Crippen molar-refractivity contribution in [3.8, 4) is 5.75 Å². The minimum absolute atomic E-state index is 0.00955. The Balaban J connectivity index is 1.65. The lowest BCUT2D eigenvalue weighted by Gasteiger charge is -2.33. The molecule has 3 atom stereocenters. The van der Waals surface area contributed by atoms with E-state index in [0.717, 1.165) is 31.8 Å². The molecular formula is C17H24N2O3. The molecule has 5 heteroatoms. The van der Waals surface area contributed by atoms with Crippen LogP contribution in [0.1, 0.15) is 12.0 Å². The monoisotopic (exact) mass is 304 g/mol. The molecule has 0 spiro atoms. The lowest BCUT2D eigenvalue weighted by molar-refractivity contribution is -0.136. The van der Waals surface area contributed by atoms with E-state index in [4.69, 9.17) is 9.47 Å². The van der Waals surface area contributed by atoms with E-state index in [1.165, 1.54) is 5.56 Å². The first kappa shape index (κ1) is 15.3. The van der Waals surface area contributed by atoms with Gasteiger partial charge in [-0.2, -0.15) is 0 Å². The zero-order valence-corrected chi connectivity index (χ0v) is 13.5. The number of carbonyl (C=O) groups excluding carboxylic acids is 1. The van der Waals surface area contributed by atoms with Gasteiger partial charge in [0.25, 0.3) is 0 Å². The summed E-state index contributed by atoms with van der Waals surface area (Å²) in [5.74, 6) is 1.08. The summed E-state index contributed by atoms with van der Waals surface area (Å²) in [6.07, 6.45) is 1.05. The summed E-state index contributed by atoms with van der Waals surface area (Å²) in [7, 11) is 5.32. The molecule has 1 amide bonds. The van der Waals surface area contributed by atoms with Crippen LogP contribution in [-0.4, -0.2) is 62.2 Å². The molecule has 0 radical (unpaired) electrons. The first-order valence-corrected chi connectivity index (χ1v) is 7.78. The second-order valence-corrected chi connectivity index (χ2v) is 6.42. The number of rotatable bonds is 4. The summed E-state index contributed by atoms with van der Waals surface area (Å²) in [6, 6.07) is 8.15. The molecule has 2 saturated heterocycles. The Hall–Kier alpha value is -1.59. The van der Waals surface area contributed by atoms with Gasteiger partial charge in [-0.15, -0.1) is 0 Å². The maximum absolute atomic E-state index is 12.2. The largest absolute Gasteiger partial charge is 0.497 e. The van der Waals surface area contributed by atoms with Crippen molar-refractivity contribution in [1.82, 2.24) is 9.80 Å². The average molecular weight is 304 g/mol. The van der Waals surface area contributed by atoms with Crippen molar-refractivity contribution >= 4 is 5.91 Å². The third-order valence-electron chi connectivity index (χ3n) is 4.53.